The van der Waals surface area contributed by atoms with E-state index >= 15 is 0 Å². The summed E-state index contributed by atoms with van der Waals surface area (Å²) < 4.78 is 2.23. The molecule has 0 aliphatic heterocycles. The fraction of sp³-hybridized carbons (Fsp3) is 0.318. The molecule has 0 atom stereocenters. The standard InChI is InChI=1S/C22H26N2/c1-6-22(4,5)19-13-8-7-12-18(19)21-23-14-15-24(21)20-16(2)10-9-11-17(20)3/h7-15H,6H2,1-5H3. The second kappa shape index (κ2) is 6.27. The Morgan fingerprint density at radius 3 is 2.29 bits per heavy atom. The number of hydrogen-bond donors (Lipinski definition) is 0. The average Bonchev–Trinajstić information content (AvgIpc) is 3.04. The molecule has 0 spiro atoms. The quantitative estimate of drug-likeness (QED) is 0.590. The van der Waals surface area contributed by atoms with Gasteiger partial charge >= 0.3 is 0 Å². The Hall–Kier alpha value is -2.35. The van der Waals surface area contributed by atoms with Gasteiger partial charge in [0, 0.05) is 18.0 Å². The molecule has 1 heterocycles. The molecule has 2 heteroatoms. The first-order chi connectivity index (χ1) is 11.5. The van der Waals surface area contributed by atoms with Crippen molar-refractivity contribution in [3.05, 3.63) is 71.5 Å². The third-order valence-electron chi connectivity index (χ3n) is 5.10. The predicted molar refractivity (Wildman–Crippen MR) is 102 cm³/mol. The van der Waals surface area contributed by atoms with Crippen LogP contribution in [0.1, 0.15) is 43.9 Å². The van der Waals surface area contributed by atoms with Crippen LogP contribution < -0.4 is 0 Å². The molecule has 24 heavy (non-hydrogen) atoms. The largest absolute Gasteiger partial charge is 0.299 e. The summed E-state index contributed by atoms with van der Waals surface area (Å²) in [4.78, 5) is 4.72. The van der Waals surface area contributed by atoms with Gasteiger partial charge < -0.3 is 0 Å². The Morgan fingerprint density at radius 1 is 0.958 bits per heavy atom. The van der Waals surface area contributed by atoms with Crippen molar-refractivity contribution in [1.82, 2.24) is 9.55 Å². The summed E-state index contributed by atoms with van der Waals surface area (Å²) in [6.07, 6.45) is 5.06. The van der Waals surface area contributed by atoms with Gasteiger partial charge in [-0.15, -0.1) is 0 Å². The molecular formula is C22H26N2. The number of hydrogen-bond acceptors (Lipinski definition) is 1. The number of rotatable bonds is 4. The van der Waals surface area contributed by atoms with Gasteiger partial charge in [-0.1, -0.05) is 63.2 Å². The van der Waals surface area contributed by atoms with Crippen molar-refractivity contribution in [2.24, 2.45) is 0 Å². The van der Waals surface area contributed by atoms with E-state index in [0.717, 1.165) is 12.2 Å². The van der Waals surface area contributed by atoms with Gasteiger partial charge in [0.2, 0.25) is 0 Å². The van der Waals surface area contributed by atoms with Crippen LogP contribution >= 0.6 is 0 Å². The molecule has 0 radical (unpaired) electrons. The SMILES string of the molecule is CCC(C)(C)c1ccccc1-c1nccn1-c1c(C)cccc1C. The lowest BCUT2D eigenvalue weighted by molar-refractivity contribution is 0.507. The van der Waals surface area contributed by atoms with Gasteiger partial charge in [-0.05, 0) is 42.4 Å². The monoisotopic (exact) mass is 318 g/mol. The molecule has 1 aromatic heterocycles. The zero-order valence-electron chi connectivity index (χ0n) is 15.3. The fourth-order valence-corrected chi connectivity index (χ4v) is 3.33. The molecule has 0 N–H and O–H groups in total. The van der Waals surface area contributed by atoms with Crippen LogP contribution in [0.25, 0.3) is 17.1 Å². The van der Waals surface area contributed by atoms with Crippen LogP contribution in [0.5, 0.6) is 0 Å². The van der Waals surface area contributed by atoms with E-state index in [1.807, 2.05) is 6.20 Å². The van der Waals surface area contributed by atoms with E-state index in [1.165, 1.54) is 27.9 Å². The van der Waals surface area contributed by atoms with Crippen LogP contribution in [0, 0.1) is 13.8 Å². The maximum absolute atomic E-state index is 4.72. The van der Waals surface area contributed by atoms with Gasteiger partial charge in [-0.3, -0.25) is 4.57 Å². The van der Waals surface area contributed by atoms with Crippen LogP contribution in [0.2, 0.25) is 0 Å². The maximum Gasteiger partial charge on any atom is 0.144 e. The van der Waals surface area contributed by atoms with Crippen molar-refractivity contribution in [3.63, 3.8) is 0 Å². The number of aromatic nitrogens is 2. The molecule has 2 aromatic carbocycles. The topological polar surface area (TPSA) is 17.8 Å². The first-order valence-corrected chi connectivity index (χ1v) is 8.65. The van der Waals surface area contributed by atoms with Gasteiger partial charge in [0.05, 0.1) is 5.69 Å². The minimum absolute atomic E-state index is 0.119. The highest BCUT2D eigenvalue weighted by atomic mass is 15.1. The van der Waals surface area contributed by atoms with Gasteiger partial charge in [0.1, 0.15) is 5.82 Å². The molecule has 0 unspecified atom stereocenters. The molecule has 0 saturated heterocycles. The van der Waals surface area contributed by atoms with Crippen molar-refractivity contribution >= 4 is 0 Å². The number of para-hydroxylation sites is 1. The first kappa shape index (κ1) is 16.5. The zero-order chi connectivity index (χ0) is 17.3. The Labute approximate surface area is 145 Å². The third-order valence-corrected chi connectivity index (χ3v) is 5.10. The summed E-state index contributed by atoms with van der Waals surface area (Å²) in [5.41, 5.74) is 6.45. The third kappa shape index (κ3) is 2.77. The van der Waals surface area contributed by atoms with Crippen molar-refractivity contribution in [2.45, 2.75) is 46.5 Å². The summed E-state index contributed by atoms with van der Waals surface area (Å²) in [5, 5.41) is 0. The Balaban J connectivity index is 2.24. The van der Waals surface area contributed by atoms with Crippen LogP contribution in [-0.4, -0.2) is 9.55 Å². The van der Waals surface area contributed by atoms with Crippen molar-refractivity contribution in [1.29, 1.82) is 0 Å². The Bertz CT molecular complexity index is 836. The molecule has 0 saturated carbocycles. The van der Waals surface area contributed by atoms with Crippen LogP contribution in [0.15, 0.2) is 54.9 Å². The first-order valence-electron chi connectivity index (χ1n) is 8.65. The fourth-order valence-electron chi connectivity index (χ4n) is 3.33. The molecule has 0 amide bonds. The van der Waals surface area contributed by atoms with E-state index in [1.54, 1.807) is 0 Å². The highest BCUT2D eigenvalue weighted by Gasteiger charge is 2.24. The lowest BCUT2D eigenvalue weighted by atomic mass is 9.79. The van der Waals surface area contributed by atoms with E-state index < -0.39 is 0 Å². The lowest BCUT2D eigenvalue weighted by Crippen LogP contribution is -2.17. The van der Waals surface area contributed by atoms with Crippen molar-refractivity contribution in [3.8, 4) is 17.1 Å². The van der Waals surface area contributed by atoms with E-state index in [0.29, 0.717) is 0 Å². The van der Waals surface area contributed by atoms with Gasteiger partial charge in [-0.2, -0.15) is 0 Å². The van der Waals surface area contributed by atoms with Crippen LogP contribution in [0.3, 0.4) is 0 Å². The maximum atomic E-state index is 4.72. The van der Waals surface area contributed by atoms with Gasteiger partial charge in [0.15, 0.2) is 0 Å². The predicted octanol–water partition coefficient (Wildman–Crippen LogP) is 5.84. The lowest BCUT2D eigenvalue weighted by Gasteiger charge is -2.26. The molecule has 0 fully saturated rings. The molecule has 0 aliphatic carbocycles. The van der Waals surface area contributed by atoms with E-state index in [-0.39, 0.29) is 5.41 Å². The Kier molecular flexibility index (Phi) is 4.31. The van der Waals surface area contributed by atoms with E-state index in [9.17, 15) is 0 Å². The molecule has 3 rings (SSSR count). The van der Waals surface area contributed by atoms with Crippen molar-refractivity contribution in [2.75, 3.05) is 0 Å². The van der Waals surface area contributed by atoms with Crippen LogP contribution in [0.4, 0.5) is 0 Å². The second-order valence-electron chi connectivity index (χ2n) is 7.14. The summed E-state index contributed by atoms with van der Waals surface area (Å²) in [5.74, 6) is 1.02. The number of benzene rings is 2. The molecule has 124 valence electrons. The molecule has 0 bridgehead atoms. The van der Waals surface area contributed by atoms with Gasteiger partial charge in [-0.25, -0.2) is 4.98 Å². The average molecular weight is 318 g/mol. The molecule has 0 aliphatic rings. The summed E-state index contributed by atoms with van der Waals surface area (Å²) in [6, 6.07) is 15.1. The summed E-state index contributed by atoms with van der Waals surface area (Å²) in [6.45, 7) is 11.2. The normalized spacial score (nSPS) is 11.7. The Morgan fingerprint density at radius 2 is 1.62 bits per heavy atom. The smallest absolute Gasteiger partial charge is 0.144 e. The minimum atomic E-state index is 0.119. The molecule has 3 aromatic rings. The highest BCUT2D eigenvalue weighted by Crippen LogP contribution is 2.36. The molecular weight excluding hydrogens is 292 g/mol. The molecule has 2 nitrogen and oxygen atoms in total. The van der Waals surface area contributed by atoms with E-state index in [4.69, 9.17) is 4.98 Å². The van der Waals surface area contributed by atoms with Gasteiger partial charge in [0.25, 0.3) is 0 Å². The summed E-state index contributed by atoms with van der Waals surface area (Å²) in [7, 11) is 0. The number of imidazole rings is 1. The van der Waals surface area contributed by atoms with Crippen molar-refractivity contribution < 1.29 is 0 Å². The van der Waals surface area contributed by atoms with E-state index in [2.05, 4.69) is 87.8 Å². The highest BCUT2D eigenvalue weighted by molar-refractivity contribution is 5.66. The minimum Gasteiger partial charge on any atom is -0.299 e. The number of nitrogens with zero attached hydrogens (tertiary/aromatic N) is 2. The van der Waals surface area contributed by atoms with Crippen LogP contribution in [-0.2, 0) is 5.41 Å². The zero-order valence-corrected chi connectivity index (χ0v) is 15.3. The summed E-state index contributed by atoms with van der Waals surface area (Å²) >= 11 is 0. The number of aryl methyl sites for hydroxylation is 2. The second-order valence-corrected chi connectivity index (χ2v) is 7.14.